The molecule has 2 aromatic rings. The van der Waals surface area contributed by atoms with Crippen molar-refractivity contribution in [1.82, 2.24) is 25.7 Å². The summed E-state index contributed by atoms with van der Waals surface area (Å²) >= 11 is 0. The number of nitrogens with one attached hydrogen (secondary N) is 3. The van der Waals surface area contributed by atoms with Gasteiger partial charge in [0.05, 0.1) is 19.2 Å². The van der Waals surface area contributed by atoms with E-state index in [0.717, 1.165) is 4.90 Å². The number of amides is 4. The first-order valence-corrected chi connectivity index (χ1v) is 12.3. The second-order valence-corrected chi connectivity index (χ2v) is 9.65. The molecule has 218 valence electrons. The molecule has 0 unspecified atom stereocenters. The highest BCUT2D eigenvalue weighted by atomic mass is 19.4. The summed E-state index contributed by atoms with van der Waals surface area (Å²) in [6, 6.07) is -2.57. The fourth-order valence-corrected chi connectivity index (χ4v) is 4.71. The molecule has 3 N–H and O–H groups in total. The minimum Gasteiger partial charge on any atom is -0.382 e. The van der Waals surface area contributed by atoms with Gasteiger partial charge in [0.1, 0.15) is 24.2 Å². The van der Waals surface area contributed by atoms with Crippen LogP contribution in [0.3, 0.4) is 0 Å². The molecule has 0 radical (unpaired) electrons. The smallest absolute Gasteiger partial charge is 0.382 e. The summed E-state index contributed by atoms with van der Waals surface area (Å²) in [5, 5.41) is 10.5. The number of hydrogen-bond donors (Lipinski definition) is 3. The Morgan fingerprint density at radius 3 is 2.65 bits per heavy atom. The van der Waals surface area contributed by atoms with Crippen LogP contribution >= 0.6 is 0 Å². The molecule has 3 heterocycles. The van der Waals surface area contributed by atoms with Crippen molar-refractivity contribution in [3.63, 3.8) is 0 Å². The molecule has 1 saturated carbocycles. The fraction of sp³-hybridized carbons (Fsp3) is 0.542. The van der Waals surface area contributed by atoms with E-state index in [2.05, 4.69) is 20.8 Å². The average Bonchev–Trinajstić information content (AvgIpc) is 3.51. The highest BCUT2D eigenvalue weighted by Gasteiger charge is 2.51. The van der Waals surface area contributed by atoms with Crippen molar-refractivity contribution in [2.75, 3.05) is 25.6 Å². The molecule has 4 amide bonds. The van der Waals surface area contributed by atoms with E-state index in [-0.39, 0.29) is 18.1 Å². The molecule has 2 aromatic heterocycles. The average molecular weight is 575 g/mol. The molecule has 1 saturated heterocycles. The van der Waals surface area contributed by atoms with E-state index in [0.29, 0.717) is 17.5 Å². The van der Waals surface area contributed by atoms with Crippen LogP contribution in [0.1, 0.15) is 47.4 Å². The van der Waals surface area contributed by atoms with Crippen molar-refractivity contribution in [3.05, 3.63) is 41.4 Å². The fourth-order valence-electron chi connectivity index (χ4n) is 4.71. The zero-order valence-electron chi connectivity index (χ0n) is 21.4. The number of anilines is 1. The van der Waals surface area contributed by atoms with Gasteiger partial charge in [-0.2, -0.15) is 13.2 Å². The molecular formula is C24H27F5N6O5. The van der Waals surface area contributed by atoms with Gasteiger partial charge in [-0.1, -0.05) is 12.1 Å². The maximum atomic E-state index is 13.7. The van der Waals surface area contributed by atoms with Gasteiger partial charge in [-0.15, -0.1) is 0 Å². The molecule has 2 aliphatic rings. The topological polar surface area (TPSA) is 139 Å². The Hall–Kier alpha value is -3.82. The van der Waals surface area contributed by atoms with Crippen LogP contribution in [0, 0.1) is 5.92 Å². The van der Waals surface area contributed by atoms with Crippen molar-refractivity contribution in [3.8, 4) is 0 Å². The minimum atomic E-state index is -4.65. The summed E-state index contributed by atoms with van der Waals surface area (Å²) in [6.45, 7) is 0.930. The number of carbonyl (C=O) groups is 3. The molecule has 2 fully saturated rings. The zero-order valence-corrected chi connectivity index (χ0v) is 21.4. The number of pyridine rings is 1. The number of nitrogens with zero attached hydrogens (tertiary/aromatic N) is 3. The van der Waals surface area contributed by atoms with E-state index in [4.69, 9.17) is 9.26 Å². The summed E-state index contributed by atoms with van der Waals surface area (Å²) in [7, 11) is 1.31. The number of ether oxygens (including phenoxy) is 1. The number of methoxy groups -OCH3 is 1. The van der Waals surface area contributed by atoms with Crippen molar-refractivity contribution >= 4 is 23.7 Å². The van der Waals surface area contributed by atoms with Gasteiger partial charge in [-0.3, -0.25) is 9.59 Å². The normalized spacial score (nSPS) is 20.4. The molecule has 1 aliphatic heterocycles. The van der Waals surface area contributed by atoms with Crippen molar-refractivity contribution < 1.29 is 45.6 Å². The van der Waals surface area contributed by atoms with E-state index in [1.54, 1.807) is 6.92 Å². The second-order valence-electron chi connectivity index (χ2n) is 9.65. The number of aryl methyl sites for hydroxylation is 1. The summed E-state index contributed by atoms with van der Waals surface area (Å²) in [4.78, 5) is 43.3. The number of rotatable bonds is 10. The van der Waals surface area contributed by atoms with E-state index in [9.17, 15) is 36.3 Å². The van der Waals surface area contributed by atoms with Crippen LogP contribution in [-0.2, 0) is 16.0 Å². The van der Waals surface area contributed by atoms with Gasteiger partial charge in [0.15, 0.2) is 5.69 Å². The molecule has 40 heavy (non-hydrogen) atoms. The van der Waals surface area contributed by atoms with Gasteiger partial charge in [0.25, 0.3) is 5.91 Å². The number of hydrogen-bond acceptors (Lipinski definition) is 7. The Balaban J connectivity index is 1.53. The summed E-state index contributed by atoms with van der Waals surface area (Å²) in [6.07, 6.45) is -2.97. The number of alkyl halides is 5. The van der Waals surface area contributed by atoms with Crippen LogP contribution in [0.4, 0.5) is 32.6 Å². The minimum absolute atomic E-state index is 0.0726. The van der Waals surface area contributed by atoms with Crippen LogP contribution in [0.15, 0.2) is 29.1 Å². The molecule has 3 atom stereocenters. The lowest BCUT2D eigenvalue weighted by Gasteiger charge is -2.39. The Labute approximate surface area is 224 Å². The van der Waals surface area contributed by atoms with Crippen LogP contribution in [0.2, 0.25) is 0 Å². The second kappa shape index (κ2) is 11.3. The molecule has 11 nitrogen and oxygen atoms in total. The summed E-state index contributed by atoms with van der Waals surface area (Å²) in [5.74, 6) is -5.54. The first kappa shape index (κ1) is 29.2. The lowest BCUT2D eigenvalue weighted by molar-refractivity contribution is -0.150. The van der Waals surface area contributed by atoms with E-state index < -0.39 is 73.4 Å². The molecule has 0 aromatic carbocycles. The van der Waals surface area contributed by atoms with Gasteiger partial charge in [0.2, 0.25) is 11.8 Å². The highest BCUT2D eigenvalue weighted by molar-refractivity contribution is 6.00. The van der Waals surface area contributed by atoms with Crippen LogP contribution in [-0.4, -0.2) is 77.3 Å². The van der Waals surface area contributed by atoms with Crippen molar-refractivity contribution in [2.24, 2.45) is 5.92 Å². The van der Waals surface area contributed by atoms with Crippen LogP contribution in [0.25, 0.3) is 0 Å². The predicted molar refractivity (Wildman–Crippen MR) is 127 cm³/mol. The third-order valence-electron chi connectivity index (χ3n) is 6.85. The first-order valence-electron chi connectivity index (χ1n) is 12.3. The van der Waals surface area contributed by atoms with Crippen molar-refractivity contribution in [2.45, 2.75) is 56.4 Å². The molecule has 0 spiro atoms. The van der Waals surface area contributed by atoms with Gasteiger partial charge < -0.3 is 30.1 Å². The maximum Gasteiger partial charge on any atom is 0.410 e. The number of carbonyl (C=O) groups excluding carboxylic acids is 3. The third-order valence-corrected chi connectivity index (χ3v) is 6.85. The quantitative estimate of drug-likeness (QED) is 0.371. The Bertz CT molecular complexity index is 1250. The summed E-state index contributed by atoms with van der Waals surface area (Å²) in [5.41, 5.74) is 0.693. The van der Waals surface area contributed by atoms with Gasteiger partial charge in [-0.05, 0) is 30.0 Å². The standard InChI is InChI=1S/C24H27F5N6O5/c1-3-12-10-40-34-19(12)21(37)33-18(14-7-23(25,26)8-14)20(36)32-17-6-13(4-5-30-17)15(11-39-2)35-9-16(24(27,28)29)31-22(35)38/h4-6,10,14-16,18H,3,7-9,11H2,1-2H3,(H,31,38)(H,33,37)(H,30,32,36)/t15-,16+,18+/m1/s1. The van der Waals surface area contributed by atoms with E-state index in [1.165, 1.54) is 31.7 Å². The largest absolute Gasteiger partial charge is 0.410 e. The van der Waals surface area contributed by atoms with E-state index >= 15 is 0 Å². The number of halogens is 5. The molecule has 16 heteroatoms. The maximum absolute atomic E-state index is 13.7. The van der Waals surface area contributed by atoms with Crippen LogP contribution < -0.4 is 16.0 Å². The molecule has 1 aliphatic carbocycles. The number of aromatic nitrogens is 2. The van der Waals surface area contributed by atoms with Gasteiger partial charge in [0, 0.05) is 31.7 Å². The highest BCUT2D eigenvalue weighted by Crippen LogP contribution is 2.44. The monoisotopic (exact) mass is 574 g/mol. The Morgan fingerprint density at radius 2 is 2.05 bits per heavy atom. The van der Waals surface area contributed by atoms with Gasteiger partial charge >= 0.3 is 12.2 Å². The molecule has 0 bridgehead atoms. The summed E-state index contributed by atoms with van der Waals surface area (Å²) < 4.78 is 76.8. The van der Waals surface area contributed by atoms with Gasteiger partial charge in [-0.25, -0.2) is 18.6 Å². The molecule has 4 rings (SSSR count). The lowest BCUT2D eigenvalue weighted by Crippen LogP contribution is -2.55. The Morgan fingerprint density at radius 1 is 1.32 bits per heavy atom. The predicted octanol–water partition coefficient (Wildman–Crippen LogP) is 3.06. The van der Waals surface area contributed by atoms with Crippen LogP contribution in [0.5, 0.6) is 0 Å². The first-order chi connectivity index (χ1) is 18.8. The molecular weight excluding hydrogens is 547 g/mol. The lowest BCUT2D eigenvalue weighted by atomic mass is 9.76. The zero-order chi connectivity index (χ0) is 29.2. The Kier molecular flexibility index (Phi) is 8.28. The number of urea groups is 1. The van der Waals surface area contributed by atoms with Crippen molar-refractivity contribution in [1.29, 1.82) is 0 Å². The SMILES string of the molecule is CCc1conc1C(=O)N[C@H](C(=O)Nc1cc([C@@H](COC)N2C[C@@H](C(F)(F)F)NC2=O)ccn1)C1CC(F)(F)C1. The van der Waals surface area contributed by atoms with E-state index in [1.807, 2.05) is 5.32 Å². The third kappa shape index (κ3) is 6.32.